The summed E-state index contributed by atoms with van der Waals surface area (Å²) < 4.78 is 10.3. The second-order valence-corrected chi connectivity index (χ2v) is 4.79. The number of nitrogens with zero attached hydrogens (tertiary/aromatic N) is 1. The van der Waals surface area contributed by atoms with Crippen LogP contribution in [0.25, 0.3) is 0 Å². The molecule has 0 unspecified atom stereocenters. The molecule has 0 saturated carbocycles. The molecule has 0 spiro atoms. The van der Waals surface area contributed by atoms with Gasteiger partial charge in [0.05, 0.1) is 24.9 Å². The minimum Gasteiger partial charge on any atom is -0.550 e. The van der Waals surface area contributed by atoms with Gasteiger partial charge in [-0.1, -0.05) is 11.6 Å². The van der Waals surface area contributed by atoms with Crippen LogP contribution >= 0.6 is 11.6 Å². The molecule has 1 fully saturated rings. The molecule has 1 atom stereocenters. The molecule has 1 aliphatic heterocycles. The summed E-state index contributed by atoms with van der Waals surface area (Å²) in [5, 5.41) is 11.2. The molecule has 1 heterocycles. The second kappa shape index (κ2) is 5.58. The smallest absolute Gasteiger partial charge is 0.227 e. The van der Waals surface area contributed by atoms with Gasteiger partial charge < -0.3 is 24.3 Å². The van der Waals surface area contributed by atoms with Crippen LogP contribution in [0.5, 0.6) is 11.5 Å². The van der Waals surface area contributed by atoms with E-state index in [0.29, 0.717) is 22.2 Å². The molecule has 1 aromatic carbocycles. The SMILES string of the molecule is COc1cc(OC)c(N2C[C@H](C(=O)[O-])CC2=O)cc1Cl. The van der Waals surface area contributed by atoms with E-state index in [1.54, 1.807) is 6.07 Å². The fraction of sp³-hybridized carbons (Fsp3) is 0.385. The lowest BCUT2D eigenvalue weighted by atomic mass is 10.1. The van der Waals surface area contributed by atoms with Crippen LogP contribution in [0.4, 0.5) is 5.69 Å². The summed E-state index contributed by atoms with van der Waals surface area (Å²) in [6.07, 6.45) is -0.0882. The van der Waals surface area contributed by atoms with Gasteiger partial charge in [0, 0.05) is 30.9 Å². The first kappa shape index (κ1) is 14.5. The Bertz CT molecular complexity index is 560. The highest BCUT2D eigenvalue weighted by molar-refractivity contribution is 6.32. The second-order valence-electron chi connectivity index (χ2n) is 4.38. The van der Waals surface area contributed by atoms with Gasteiger partial charge >= 0.3 is 0 Å². The van der Waals surface area contributed by atoms with Crippen molar-refractivity contribution in [2.45, 2.75) is 6.42 Å². The zero-order chi connectivity index (χ0) is 14.9. The molecule has 6 nitrogen and oxygen atoms in total. The fourth-order valence-corrected chi connectivity index (χ4v) is 2.39. The number of carboxylic acids is 1. The highest BCUT2D eigenvalue weighted by atomic mass is 35.5. The predicted octanol–water partition coefficient (Wildman–Crippen LogP) is 0.460. The van der Waals surface area contributed by atoms with E-state index in [9.17, 15) is 14.7 Å². The quantitative estimate of drug-likeness (QED) is 0.807. The van der Waals surface area contributed by atoms with E-state index in [-0.39, 0.29) is 18.9 Å². The molecule has 108 valence electrons. The van der Waals surface area contributed by atoms with Gasteiger partial charge in [0.15, 0.2) is 0 Å². The monoisotopic (exact) mass is 298 g/mol. The number of carboxylic acid groups (broad SMARTS) is 1. The Morgan fingerprint density at radius 2 is 2.00 bits per heavy atom. The van der Waals surface area contributed by atoms with Gasteiger partial charge in [-0.05, 0) is 6.07 Å². The van der Waals surface area contributed by atoms with Crippen LogP contribution in [0.2, 0.25) is 5.02 Å². The molecule has 1 amide bonds. The lowest BCUT2D eigenvalue weighted by Gasteiger charge is -2.21. The molecule has 0 N–H and O–H groups in total. The number of hydrogen-bond acceptors (Lipinski definition) is 5. The number of carbonyl (C=O) groups excluding carboxylic acids is 2. The van der Waals surface area contributed by atoms with E-state index in [1.807, 2.05) is 0 Å². The number of methoxy groups -OCH3 is 2. The van der Waals surface area contributed by atoms with Crippen molar-refractivity contribution in [3.8, 4) is 11.5 Å². The summed E-state index contributed by atoms with van der Waals surface area (Å²) in [7, 11) is 2.91. The minimum atomic E-state index is -1.24. The van der Waals surface area contributed by atoms with Crippen molar-refractivity contribution in [3.05, 3.63) is 17.2 Å². The van der Waals surface area contributed by atoms with Gasteiger partial charge in [0.2, 0.25) is 5.91 Å². The summed E-state index contributed by atoms with van der Waals surface area (Å²) in [6.45, 7) is 0.0418. The molecule has 1 aromatic rings. The van der Waals surface area contributed by atoms with Crippen molar-refractivity contribution in [2.24, 2.45) is 5.92 Å². The molecule has 0 aromatic heterocycles. The van der Waals surface area contributed by atoms with Gasteiger partial charge in [-0.25, -0.2) is 0 Å². The zero-order valence-electron chi connectivity index (χ0n) is 11.0. The number of ether oxygens (including phenoxy) is 2. The third-order valence-corrected chi connectivity index (χ3v) is 3.50. The van der Waals surface area contributed by atoms with E-state index >= 15 is 0 Å². The van der Waals surface area contributed by atoms with Crippen molar-refractivity contribution in [1.82, 2.24) is 0 Å². The number of halogens is 1. The van der Waals surface area contributed by atoms with Crippen LogP contribution in [0.1, 0.15) is 6.42 Å². The Kier molecular flexibility index (Phi) is 4.04. The minimum absolute atomic E-state index is 0.0418. The Hall–Kier alpha value is -1.95. The summed E-state index contributed by atoms with van der Waals surface area (Å²) in [5.41, 5.74) is 0.423. The summed E-state index contributed by atoms with van der Waals surface area (Å²) in [6, 6.07) is 3.08. The predicted molar refractivity (Wildman–Crippen MR) is 70.0 cm³/mol. The first-order valence-corrected chi connectivity index (χ1v) is 6.28. The molecule has 7 heteroatoms. The molecule has 0 aliphatic carbocycles. The van der Waals surface area contributed by atoms with Gasteiger partial charge in [-0.15, -0.1) is 0 Å². The average molecular weight is 299 g/mol. The lowest BCUT2D eigenvalue weighted by Crippen LogP contribution is -2.33. The first-order valence-electron chi connectivity index (χ1n) is 5.90. The lowest BCUT2D eigenvalue weighted by molar-refractivity contribution is -0.310. The fourth-order valence-electron chi connectivity index (χ4n) is 2.15. The van der Waals surface area contributed by atoms with Crippen LogP contribution in [-0.2, 0) is 9.59 Å². The molecular weight excluding hydrogens is 286 g/mol. The highest BCUT2D eigenvalue weighted by Gasteiger charge is 2.33. The largest absolute Gasteiger partial charge is 0.550 e. The third kappa shape index (κ3) is 2.51. The summed E-state index contributed by atoms with van der Waals surface area (Å²) >= 11 is 6.04. The van der Waals surface area contributed by atoms with E-state index in [4.69, 9.17) is 21.1 Å². The van der Waals surface area contributed by atoms with Gasteiger partial charge in [0.25, 0.3) is 0 Å². The third-order valence-electron chi connectivity index (χ3n) is 3.20. The topological polar surface area (TPSA) is 78.9 Å². The van der Waals surface area contributed by atoms with Gasteiger partial charge in [-0.2, -0.15) is 0 Å². The number of aliphatic carboxylic acids is 1. The van der Waals surface area contributed by atoms with Gasteiger partial charge in [0.1, 0.15) is 11.5 Å². The van der Waals surface area contributed by atoms with E-state index in [0.717, 1.165) is 0 Å². The molecule has 20 heavy (non-hydrogen) atoms. The van der Waals surface area contributed by atoms with Crippen molar-refractivity contribution >= 4 is 29.2 Å². The Balaban J connectivity index is 2.40. The van der Waals surface area contributed by atoms with E-state index in [1.165, 1.54) is 25.2 Å². The maximum Gasteiger partial charge on any atom is 0.227 e. The maximum absolute atomic E-state index is 11.9. The maximum atomic E-state index is 11.9. The normalized spacial score (nSPS) is 18.2. The number of anilines is 1. The Morgan fingerprint density at radius 1 is 1.35 bits per heavy atom. The number of carbonyl (C=O) groups is 2. The zero-order valence-corrected chi connectivity index (χ0v) is 11.8. The number of amides is 1. The molecule has 1 saturated heterocycles. The van der Waals surface area contributed by atoms with Crippen molar-refractivity contribution in [1.29, 1.82) is 0 Å². The molecule has 0 bridgehead atoms. The van der Waals surface area contributed by atoms with Crippen molar-refractivity contribution in [2.75, 3.05) is 25.7 Å². The van der Waals surface area contributed by atoms with Crippen molar-refractivity contribution in [3.63, 3.8) is 0 Å². The summed E-state index contributed by atoms with van der Waals surface area (Å²) in [5.74, 6) is -1.57. The molecule has 1 aliphatic rings. The van der Waals surface area contributed by atoms with E-state index in [2.05, 4.69) is 0 Å². The number of benzene rings is 1. The summed E-state index contributed by atoms with van der Waals surface area (Å²) in [4.78, 5) is 24.1. The Labute approximate surface area is 120 Å². The molecular formula is C13H13ClNO5-. The molecule has 0 radical (unpaired) electrons. The number of hydrogen-bond donors (Lipinski definition) is 0. The van der Waals surface area contributed by atoms with Crippen LogP contribution < -0.4 is 19.5 Å². The molecule has 2 rings (SSSR count). The van der Waals surface area contributed by atoms with Crippen LogP contribution in [0, 0.1) is 5.92 Å². The van der Waals surface area contributed by atoms with Crippen LogP contribution in [0.3, 0.4) is 0 Å². The first-order chi connectivity index (χ1) is 9.47. The average Bonchev–Trinajstić information content (AvgIpc) is 2.80. The van der Waals surface area contributed by atoms with Gasteiger partial charge in [-0.3, -0.25) is 4.79 Å². The van der Waals surface area contributed by atoms with E-state index < -0.39 is 11.9 Å². The standard InChI is InChI=1S/C13H14ClNO5/c1-19-10-5-11(20-2)9(4-8(10)14)15-6-7(13(17)18)3-12(15)16/h4-5,7H,3,6H2,1-2H3,(H,17,18)/p-1/t7-/m1/s1. The number of rotatable bonds is 4. The van der Waals surface area contributed by atoms with Crippen LogP contribution in [0.15, 0.2) is 12.1 Å². The Morgan fingerprint density at radius 3 is 2.50 bits per heavy atom. The van der Waals surface area contributed by atoms with Crippen LogP contribution in [-0.4, -0.2) is 32.6 Å². The van der Waals surface area contributed by atoms with Crippen molar-refractivity contribution < 1.29 is 24.2 Å². The highest BCUT2D eigenvalue weighted by Crippen LogP contribution is 2.40.